The van der Waals surface area contributed by atoms with Crippen molar-refractivity contribution in [2.75, 3.05) is 12.4 Å². The Morgan fingerprint density at radius 3 is 2.47 bits per heavy atom. The van der Waals surface area contributed by atoms with E-state index in [0.29, 0.717) is 10.8 Å². The average molecular weight is 472 g/mol. The maximum atomic E-state index is 12.4. The number of hydrogen-bond donors (Lipinski definition) is 1. The molecule has 3 rings (SSSR count). The molecular weight excluding hydrogens is 459 g/mol. The first-order valence-electron chi connectivity index (χ1n) is 8.27. The number of nitrogens with one attached hydrogen (secondary N) is 1. The first-order chi connectivity index (χ1) is 14.3. The summed E-state index contributed by atoms with van der Waals surface area (Å²) in [5, 5.41) is 14.4. The van der Waals surface area contributed by atoms with Crippen molar-refractivity contribution in [1.82, 2.24) is 0 Å². The summed E-state index contributed by atoms with van der Waals surface area (Å²) in [7, 11) is 1.36. The van der Waals surface area contributed by atoms with E-state index in [1.54, 1.807) is 6.07 Å². The Morgan fingerprint density at radius 2 is 1.83 bits per heavy atom. The molecular formula is C19H13Cl3N2O6. The van der Waals surface area contributed by atoms with Crippen molar-refractivity contribution in [1.29, 1.82) is 0 Å². The molecule has 0 radical (unpaired) electrons. The van der Waals surface area contributed by atoms with Gasteiger partial charge in [-0.2, -0.15) is 0 Å². The van der Waals surface area contributed by atoms with Crippen LogP contribution >= 0.6 is 34.8 Å². The monoisotopic (exact) mass is 470 g/mol. The molecule has 0 aliphatic carbocycles. The molecule has 11 heteroatoms. The molecule has 1 heterocycles. The van der Waals surface area contributed by atoms with Crippen LogP contribution < -0.4 is 14.8 Å². The van der Waals surface area contributed by atoms with Crippen LogP contribution in [-0.4, -0.2) is 17.9 Å². The van der Waals surface area contributed by atoms with Crippen molar-refractivity contribution in [3.05, 3.63) is 79.2 Å². The number of nitro benzene ring substituents is 1. The zero-order valence-electron chi connectivity index (χ0n) is 15.3. The van der Waals surface area contributed by atoms with Gasteiger partial charge in [0.25, 0.3) is 11.6 Å². The van der Waals surface area contributed by atoms with Crippen LogP contribution in [0.3, 0.4) is 0 Å². The number of methoxy groups -OCH3 is 1. The van der Waals surface area contributed by atoms with E-state index in [4.69, 9.17) is 48.7 Å². The van der Waals surface area contributed by atoms with Gasteiger partial charge in [0.15, 0.2) is 11.5 Å². The van der Waals surface area contributed by atoms with Gasteiger partial charge in [0.05, 0.1) is 33.8 Å². The second kappa shape index (κ2) is 9.25. The lowest BCUT2D eigenvalue weighted by molar-refractivity contribution is -0.384. The van der Waals surface area contributed by atoms with Crippen LogP contribution in [-0.2, 0) is 6.61 Å². The number of amides is 1. The molecule has 0 atom stereocenters. The van der Waals surface area contributed by atoms with E-state index in [1.807, 2.05) is 0 Å². The molecule has 156 valence electrons. The van der Waals surface area contributed by atoms with Gasteiger partial charge in [0.1, 0.15) is 18.1 Å². The van der Waals surface area contributed by atoms with Crippen molar-refractivity contribution in [2.24, 2.45) is 0 Å². The average Bonchev–Trinajstić information content (AvgIpc) is 3.16. The van der Waals surface area contributed by atoms with Crippen molar-refractivity contribution in [2.45, 2.75) is 6.61 Å². The fraction of sp³-hybridized carbons (Fsp3) is 0.105. The highest BCUT2D eigenvalue weighted by Crippen LogP contribution is 2.36. The van der Waals surface area contributed by atoms with Gasteiger partial charge in [0.2, 0.25) is 0 Å². The first kappa shape index (κ1) is 21.8. The highest BCUT2D eigenvalue weighted by atomic mass is 35.5. The van der Waals surface area contributed by atoms with Gasteiger partial charge in [0, 0.05) is 17.2 Å². The van der Waals surface area contributed by atoms with Crippen LogP contribution in [0.25, 0.3) is 0 Å². The van der Waals surface area contributed by atoms with E-state index in [0.717, 1.165) is 0 Å². The number of nitrogens with zero attached hydrogens (tertiary/aromatic N) is 1. The van der Waals surface area contributed by atoms with Crippen molar-refractivity contribution in [3.8, 4) is 11.5 Å². The highest BCUT2D eigenvalue weighted by molar-refractivity contribution is 6.40. The van der Waals surface area contributed by atoms with Crippen LogP contribution in [0, 0.1) is 10.1 Å². The summed E-state index contributed by atoms with van der Waals surface area (Å²) >= 11 is 18.0. The molecule has 3 aromatic rings. The van der Waals surface area contributed by atoms with Crippen LogP contribution in [0.2, 0.25) is 15.1 Å². The van der Waals surface area contributed by atoms with Gasteiger partial charge in [-0.1, -0.05) is 34.8 Å². The molecule has 0 unspecified atom stereocenters. The molecule has 30 heavy (non-hydrogen) atoms. The smallest absolute Gasteiger partial charge is 0.291 e. The summed E-state index contributed by atoms with van der Waals surface area (Å²) < 4.78 is 16.0. The van der Waals surface area contributed by atoms with Gasteiger partial charge in [-0.05, 0) is 24.3 Å². The van der Waals surface area contributed by atoms with Crippen LogP contribution in [0.1, 0.15) is 16.3 Å². The number of nitro groups is 1. The predicted molar refractivity (Wildman–Crippen MR) is 112 cm³/mol. The number of ether oxygens (including phenoxy) is 2. The lowest BCUT2D eigenvalue weighted by atomic mass is 10.2. The Kier molecular flexibility index (Phi) is 6.71. The Balaban J connectivity index is 1.70. The molecule has 0 saturated heterocycles. The maximum Gasteiger partial charge on any atom is 0.291 e. The van der Waals surface area contributed by atoms with E-state index >= 15 is 0 Å². The standard InChI is InChI=1S/C19H13Cl3N2O6/c1-28-14-7-11(6-12(8-14)24(26)27)23-19(25)17-3-2-13(30-17)9-29-18-15(21)4-10(20)5-16(18)22/h2-8H,9H2,1H3,(H,23,25). The second-order valence-corrected chi connectivity index (χ2v) is 7.13. The Labute approximate surface area is 185 Å². The number of carbonyl (C=O) groups excluding carboxylic acids is 1. The largest absolute Gasteiger partial charge is 0.496 e. The molecule has 1 aromatic heterocycles. The minimum Gasteiger partial charge on any atom is -0.496 e. The molecule has 1 amide bonds. The third-order valence-electron chi connectivity index (χ3n) is 3.80. The van der Waals surface area contributed by atoms with E-state index in [1.165, 1.54) is 43.5 Å². The molecule has 0 spiro atoms. The Morgan fingerprint density at radius 1 is 1.13 bits per heavy atom. The first-order valence-corrected chi connectivity index (χ1v) is 9.41. The molecule has 1 N–H and O–H groups in total. The van der Waals surface area contributed by atoms with Crippen molar-refractivity contribution in [3.63, 3.8) is 0 Å². The lowest BCUT2D eigenvalue weighted by Gasteiger charge is -2.09. The molecule has 0 aliphatic heterocycles. The zero-order chi connectivity index (χ0) is 21.8. The van der Waals surface area contributed by atoms with E-state index in [-0.39, 0.29) is 45.3 Å². The summed E-state index contributed by atoms with van der Waals surface area (Å²) in [5.74, 6) is 0.163. The number of anilines is 1. The topological polar surface area (TPSA) is 104 Å². The second-order valence-electron chi connectivity index (χ2n) is 5.88. The number of benzene rings is 2. The maximum absolute atomic E-state index is 12.4. The minimum absolute atomic E-state index is 0.0210. The number of halogens is 3. The van der Waals surface area contributed by atoms with E-state index in [2.05, 4.69) is 5.32 Å². The SMILES string of the molecule is COc1cc(NC(=O)c2ccc(COc3c(Cl)cc(Cl)cc3Cl)o2)cc([N+](=O)[O-])c1. The number of rotatable bonds is 7. The van der Waals surface area contributed by atoms with Crippen LogP contribution in [0.4, 0.5) is 11.4 Å². The normalized spacial score (nSPS) is 10.5. The summed E-state index contributed by atoms with van der Waals surface area (Å²) in [5.41, 5.74) is -0.0464. The predicted octanol–water partition coefficient (Wildman–Crippen LogP) is 5.99. The van der Waals surface area contributed by atoms with Crippen LogP contribution in [0.5, 0.6) is 11.5 Å². The van der Waals surface area contributed by atoms with E-state index in [9.17, 15) is 14.9 Å². The fourth-order valence-corrected chi connectivity index (χ4v) is 3.39. The minimum atomic E-state index is -0.605. The number of non-ortho nitro benzene ring substituents is 1. The highest BCUT2D eigenvalue weighted by Gasteiger charge is 2.16. The number of carbonyl (C=O) groups is 1. The quantitative estimate of drug-likeness (QED) is 0.335. The summed E-state index contributed by atoms with van der Waals surface area (Å²) in [6.07, 6.45) is 0. The van der Waals surface area contributed by atoms with Gasteiger partial charge in [-0.3, -0.25) is 14.9 Å². The van der Waals surface area contributed by atoms with Crippen molar-refractivity contribution < 1.29 is 23.6 Å². The van der Waals surface area contributed by atoms with Gasteiger partial charge in [-0.15, -0.1) is 0 Å². The molecule has 2 aromatic carbocycles. The fourth-order valence-electron chi connectivity index (χ4n) is 2.46. The van der Waals surface area contributed by atoms with Gasteiger partial charge >= 0.3 is 0 Å². The molecule has 8 nitrogen and oxygen atoms in total. The molecule has 0 bridgehead atoms. The molecule has 0 aliphatic rings. The van der Waals surface area contributed by atoms with Crippen LogP contribution in [0.15, 0.2) is 46.9 Å². The Hall–Kier alpha value is -2.94. The molecule has 0 saturated carbocycles. The summed E-state index contributed by atoms with van der Waals surface area (Å²) in [6, 6.07) is 9.84. The number of hydrogen-bond acceptors (Lipinski definition) is 6. The van der Waals surface area contributed by atoms with E-state index < -0.39 is 10.8 Å². The third-order valence-corrected chi connectivity index (χ3v) is 4.58. The number of furan rings is 1. The summed E-state index contributed by atoms with van der Waals surface area (Å²) in [4.78, 5) is 22.8. The van der Waals surface area contributed by atoms with Crippen molar-refractivity contribution >= 4 is 52.1 Å². The third kappa shape index (κ3) is 5.15. The molecule has 0 fully saturated rings. The van der Waals surface area contributed by atoms with Gasteiger partial charge < -0.3 is 19.2 Å². The Bertz CT molecular complexity index is 1090. The summed E-state index contributed by atoms with van der Waals surface area (Å²) in [6.45, 7) is -0.0427. The lowest BCUT2D eigenvalue weighted by Crippen LogP contribution is -2.11. The van der Waals surface area contributed by atoms with Gasteiger partial charge in [-0.25, -0.2) is 0 Å². The zero-order valence-corrected chi connectivity index (χ0v) is 17.5.